The molecule has 0 atom stereocenters. The highest BCUT2D eigenvalue weighted by Crippen LogP contribution is 2.25. The number of halogens is 1. The number of likely N-dealkylation sites (tertiary alicyclic amines) is 1. The van der Waals surface area contributed by atoms with Crippen LogP contribution in [0.4, 0.5) is 5.69 Å². The van der Waals surface area contributed by atoms with E-state index < -0.39 is 0 Å². The Labute approximate surface area is 118 Å². The van der Waals surface area contributed by atoms with E-state index in [0.717, 1.165) is 48.7 Å². The lowest BCUT2D eigenvalue weighted by molar-refractivity contribution is -0.119. The van der Waals surface area contributed by atoms with Crippen molar-refractivity contribution < 1.29 is 4.79 Å². The summed E-state index contributed by atoms with van der Waals surface area (Å²) in [6.45, 7) is 2.76. The molecule has 2 rings (SSSR count). The van der Waals surface area contributed by atoms with E-state index in [1.165, 1.54) is 0 Å². The third-order valence-electron chi connectivity index (χ3n) is 3.66. The molecule has 0 saturated carbocycles. The van der Waals surface area contributed by atoms with Gasteiger partial charge >= 0.3 is 0 Å². The summed E-state index contributed by atoms with van der Waals surface area (Å²) in [6, 6.07) is 5.58. The molecule has 1 aromatic carbocycles. The van der Waals surface area contributed by atoms with E-state index in [2.05, 4.69) is 4.90 Å². The number of nitrogen functional groups attached to an aromatic ring is 1. The maximum atomic E-state index is 10.9. The Morgan fingerprint density at radius 1 is 1.37 bits per heavy atom. The zero-order valence-electron chi connectivity index (χ0n) is 10.9. The van der Waals surface area contributed by atoms with E-state index in [9.17, 15) is 4.79 Å². The van der Waals surface area contributed by atoms with Crippen LogP contribution in [0.15, 0.2) is 18.2 Å². The van der Waals surface area contributed by atoms with Crippen LogP contribution in [-0.4, -0.2) is 23.9 Å². The summed E-state index contributed by atoms with van der Waals surface area (Å²) < 4.78 is 0. The molecule has 1 heterocycles. The highest BCUT2D eigenvalue weighted by atomic mass is 35.5. The third-order valence-corrected chi connectivity index (χ3v) is 4.03. The second-order valence-corrected chi connectivity index (χ2v) is 5.65. The molecule has 1 aromatic rings. The van der Waals surface area contributed by atoms with E-state index in [4.69, 9.17) is 23.1 Å². The van der Waals surface area contributed by atoms with Gasteiger partial charge in [-0.2, -0.15) is 0 Å². The van der Waals surface area contributed by atoms with Crippen molar-refractivity contribution in [1.29, 1.82) is 0 Å². The van der Waals surface area contributed by atoms with Gasteiger partial charge in [0.05, 0.1) is 0 Å². The van der Waals surface area contributed by atoms with E-state index in [1.54, 1.807) is 0 Å². The van der Waals surface area contributed by atoms with E-state index >= 15 is 0 Å². The van der Waals surface area contributed by atoms with Gasteiger partial charge in [-0.15, -0.1) is 0 Å². The first-order valence-corrected chi connectivity index (χ1v) is 6.97. The van der Waals surface area contributed by atoms with Crippen LogP contribution in [0.3, 0.4) is 0 Å². The first-order chi connectivity index (χ1) is 9.04. The van der Waals surface area contributed by atoms with Crippen LogP contribution in [0, 0.1) is 5.92 Å². The fraction of sp³-hybridized carbons (Fsp3) is 0.500. The molecule has 1 saturated heterocycles. The Kier molecular flexibility index (Phi) is 4.66. The molecule has 0 radical (unpaired) electrons. The highest BCUT2D eigenvalue weighted by Gasteiger charge is 2.21. The first-order valence-electron chi connectivity index (χ1n) is 6.59. The minimum Gasteiger partial charge on any atom is -0.399 e. The Morgan fingerprint density at radius 2 is 2.05 bits per heavy atom. The van der Waals surface area contributed by atoms with Crippen molar-refractivity contribution in [3.63, 3.8) is 0 Å². The predicted octanol–water partition coefficient (Wildman–Crippen LogP) is 2.01. The molecule has 1 aliphatic rings. The van der Waals surface area contributed by atoms with Crippen molar-refractivity contribution in [2.45, 2.75) is 25.8 Å². The van der Waals surface area contributed by atoms with Crippen LogP contribution in [0.5, 0.6) is 0 Å². The Hall–Kier alpha value is -1.26. The van der Waals surface area contributed by atoms with Gasteiger partial charge < -0.3 is 11.5 Å². The number of carbonyl (C=O) groups excluding carboxylic acids is 1. The number of benzene rings is 1. The summed E-state index contributed by atoms with van der Waals surface area (Å²) >= 11 is 6.17. The molecule has 0 bridgehead atoms. The third kappa shape index (κ3) is 4.11. The fourth-order valence-electron chi connectivity index (χ4n) is 2.59. The van der Waals surface area contributed by atoms with E-state index in [-0.39, 0.29) is 5.91 Å². The Bertz CT molecular complexity index is 456. The smallest absolute Gasteiger partial charge is 0.217 e. The van der Waals surface area contributed by atoms with Gasteiger partial charge in [-0.1, -0.05) is 11.6 Å². The molecule has 1 aliphatic heterocycles. The molecular formula is C14H20ClN3O. The van der Waals surface area contributed by atoms with E-state index in [0.29, 0.717) is 12.3 Å². The van der Waals surface area contributed by atoms with Crippen LogP contribution in [0.1, 0.15) is 24.8 Å². The van der Waals surface area contributed by atoms with Gasteiger partial charge in [0.25, 0.3) is 0 Å². The number of hydrogen-bond donors (Lipinski definition) is 2. The van der Waals surface area contributed by atoms with Gasteiger partial charge in [-0.3, -0.25) is 9.69 Å². The van der Waals surface area contributed by atoms with Crippen molar-refractivity contribution in [3.8, 4) is 0 Å². The molecule has 1 fully saturated rings. The zero-order valence-corrected chi connectivity index (χ0v) is 11.7. The molecule has 4 nitrogen and oxygen atoms in total. The Morgan fingerprint density at radius 3 is 2.68 bits per heavy atom. The minimum absolute atomic E-state index is 0.197. The summed E-state index contributed by atoms with van der Waals surface area (Å²) in [6.07, 6.45) is 2.54. The summed E-state index contributed by atoms with van der Waals surface area (Å²) in [5, 5.41) is 0.758. The van der Waals surface area contributed by atoms with Gasteiger partial charge in [0, 0.05) is 23.7 Å². The maximum absolute atomic E-state index is 10.9. The van der Waals surface area contributed by atoms with Crippen molar-refractivity contribution in [2.75, 3.05) is 18.8 Å². The topological polar surface area (TPSA) is 72.4 Å². The van der Waals surface area contributed by atoms with Gasteiger partial charge in [0.2, 0.25) is 5.91 Å². The molecule has 5 heteroatoms. The molecule has 19 heavy (non-hydrogen) atoms. The number of nitrogens with zero attached hydrogens (tertiary/aromatic N) is 1. The highest BCUT2D eigenvalue weighted by molar-refractivity contribution is 6.31. The number of hydrogen-bond acceptors (Lipinski definition) is 3. The molecular weight excluding hydrogens is 262 g/mol. The molecule has 4 N–H and O–H groups in total. The normalized spacial score (nSPS) is 17.5. The number of carbonyl (C=O) groups is 1. The monoisotopic (exact) mass is 281 g/mol. The van der Waals surface area contributed by atoms with E-state index in [1.807, 2.05) is 18.2 Å². The van der Waals surface area contributed by atoms with Gasteiger partial charge in [0.1, 0.15) is 0 Å². The maximum Gasteiger partial charge on any atom is 0.217 e. The number of piperidine rings is 1. The van der Waals surface area contributed by atoms with Crippen LogP contribution in [0.2, 0.25) is 5.02 Å². The van der Waals surface area contributed by atoms with Crippen molar-refractivity contribution in [3.05, 3.63) is 28.8 Å². The fourth-order valence-corrected chi connectivity index (χ4v) is 2.77. The number of amides is 1. The van der Waals surface area contributed by atoms with Crippen molar-refractivity contribution in [1.82, 2.24) is 4.90 Å². The Balaban J connectivity index is 1.88. The van der Waals surface area contributed by atoms with Crippen LogP contribution in [-0.2, 0) is 11.3 Å². The number of anilines is 1. The molecule has 0 aliphatic carbocycles. The van der Waals surface area contributed by atoms with Crippen LogP contribution >= 0.6 is 11.6 Å². The number of rotatable bonds is 4. The molecule has 0 spiro atoms. The van der Waals surface area contributed by atoms with Gasteiger partial charge in [-0.25, -0.2) is 0 Å². The average Bonchev–Trinajstić information content (AvgIpc) is 2.35. The van der Waals surface area contributed by atoms with Gasteiger partial charge in [-0.05, 0) is 55.6 Å². The van der Waals surface area contributed by atoms with Crippen molar-refractivity contribution in [2.24, 2.45) is 11.7 Å². The summed E-state index contributed by atoms with van der Waals surface area (Å²) in [5.41, 5.74) is 12.8. The standard InChI is InChI=1S/C14H20ClN3O/c15-13-2-1-12(16)8-11(13)9-18-5-3-10(4-6-18)7-14(17)19/h1-2,8,10H,3-7,9,16H2,(H2,17,19). The largest absolute Gasteiger partial charge is 0.399 e. The molecule has 0 unspecified atom stereocenters. The SMILES string of the molecule is NC(=O)CC1CCN(Cc2cc(N)ccc2Cl)CC1. The van der Waals surface area contributed by atoms with Crippen LogP contribution < -0.4 is 11.5 Å². The van der Waals surface area contributed by atoms with Crippen LogP contribution in [0.25, 0.3) is 0 Å². The molecule has 104 valence electrons. The average molecular weight is 282 g/mol. The number of primary amides is 1. The zero-order chi connectivity index (χ0) is 13.8. The quantitative estimate of drug-likeness (QED) is 0.829. The lowest BCUT2D eigenvalue weighted by atomic mass is 9.93. The summed E-state index contributed by atoms with van der Waals surface area (Å²) in [4.78, 5) is 13.2. The minimum atomic E-state index is -0.197. The lowest BCUT2D eigenvalue weighted by Gasteiger charge is -2.31. The predicted molar refractivity (Wildman–Crippen MR) is 77.7 cm³/mol. The summed E-state index contributed by atoms with van der Waals surface area (Å²) in [5.74, 6) is 0.238. The summed E-state index contributed by atoms with van der Waals surface area (Å²) in [7, 11) is 0. The molecule has 0 aromatic heterocycles. The first kappa shape index (κ1) is 14.2. The van der Waals surface area contributed by atoms with Crippen molar-refractivity contribution >= 4 is 23.2 Å². The second kappa shape index (κ2) is 6.26. The number of nitrogens with two attached hydrogens (primary N) is 2. The van der Waals surface area contributed by atoms with Gasteiger partial charge in [0.15, 0.2) is 0 Å². The molecule has 1 amide bonds. The second-order valence-electron chi connectivity index (χ2n) is 5.24. The lowest BCUT2D eigenvalue weighted by Crippen LogP contribution is -2.34.